The molecule has 17 heavy (non-hydrogen) atoms. The second-order valence-electron chi connectivity index (χ2n) is 4.44. The maximum Gasteiger partial charge on any atom is 0.323 e. The molecule has 0 saturated carbocycles. The van der Waals surface area contributed by atoms with Gasteiger partial charge in [-0.3, -0.25) is 4.79 Å². The summed E-state index contributed by atoms with van der Waals surface area (Å²) in [7, 11) is 0. The van der Waals surface area contributed by atoms with Gasteiger partial charge in [0.2, 0.25) is 0 Å². The van der Waals surface area contributed by atoms with Crippen molar-refractivity contribution in [1.29, 1.82) is 0 Å². The van der Waals surface area contributed by atoms with Crippen LogP contribution in [0.25, 0.3) is 0 Å². The summed E-state index contributed by atoms with van der Waals surface area (Å²) >= 11 is 1.87. The van der Waals surface area contributed by atoms with Gasteiger partial charge in [-0.15, -0.1) is 0 Å². The molecule has 1 fully saturated rings. The Kier molecular flexibility index (Phi) is 5.61. The van der Waals surface area contributed by atoms with Gasteiger partial charge < -0.3 is 15.3 Å². The SMILES string of the molecule is CC(C)N(CC(=O)O)C(=O)NCC1CCCS1. The van der Waals surface area contributed by atoms with Crippen molar-refractivity contribution in [2.45, 2.75) is 38.0 Å². The average Bonchev–Trinajstić information content (AvgIpc) is 2.74. The van der Waals surface area contributed by atoms with Crippen LogP contribution in [0.5, 0.6) is 0 Å². The molecule has 1 saturated heterocycles. The van der Waals surface area contributed by atoms with Crippen LogP contribution < -0.4 is 5.32 Å². The van der Waals surface area contributed by atoms with Crippen molar-refractivity contribution in [3.63, 3.8) is 0 Å². The fourth-order valence-corrected chi connectivity index (χ4v) is 2.94. The standard InChI is InChI=1S/C11H20N2O3S/c1-8(2)13(7-10(14)15)11(16)12-6-9-4-3-5-17-9/h8-9H,3-7H2,1-2H3,(H,12,16)(H,14,15). The van der Waals surface area contributed by atoms with Crippen LogP contribution in [-0.2, 0) is 4.79 Å². The fourth-order valence-electron chi connectivity index (χ4n) is 1.74. The average molecular weight is 260 g/mol. The van der Waals surface area contributed by atoms with Gasteiger partial charge in [0.05, 0.1) is 0 Å². The number of nitrogens with zero attached hydrogens (tertiary/aromatic N) is 1. The number of nitrogens with one attached hydrogen (secondary N) is 1. The lowest BCUT2D eigenvalue weighted by molar-refractivity contribution is -0.138. The number of carbonyl (C=O) groups is 2. The minimum atomic E-state index is -0.982. The normalized spacial score (nSPS) is 19.4. The molecule has 98 valence electrons. The second kappa shape index (κ2) is 6.74. The van der Waals surface area contributed by atoms with Gasteiger partial charge in [-0.25, -0.2) is 4.79 Å². The van der Waals surface area contributed by atoms with Crippen LogP contribution in [0.1, 0.15) is 26.7 Å². The van der Waals surface area contributed by atoms with Crippen molar-refractivity contribution in [2.75, 3.05) is 18.8 Å². The second-order valence-corrected chi connectivity index (χ2v) is 5.84. The summed E-state index contributed by atoms with van der Waals surface area (Å²) in [5.41, 5.74) is 0. The first-order valence-electron chi connectivity index (χ1n) is 5.88. The number of carboxylic acid groups (broad SMARTS) is 1. The van der Waals surface area contributed by atoms with Crippen molar-refractivity contribution < 1.29 is 14.7 Å². The van der Waals surface area contributed by atoms with Crippen LogP contribution in [0.3, 0.4) is 0 Å². The molecule has 0 aromatic carbocycles. The molecule has 0 radical (unpaired) electrons. The number of rotatable bonds is 5. The Morgan fingerprint density at radius 2 is 2.24 bits per heavy atom. The van der Waals surface area contributed by atoms with E-state index in [2.05, 4.69) is 5.32 Å². The summed E-state index contributed by atoms with van der Waals surface area (Å²) in [6, 6.07) is -0.391. The summed E-state index contributed by atoms with van der Waals surface area (Å²) in [4.78, 5) is 23.8. The maximum atomic E-state index is 11.8. The third kappa shape index (κ3) is 4.85. The van der Waals surface area contributed by atoms with Gasteiger partial charge in [0.1, 0.15) is 6.54 Å². The topological polar surface area (TPSA) is 69.6 Å². The number of carboxylic acids is 1. The van der Waals surface area contributed by atoms with Crippen molar-refractivity contribution >= 4 is 23.8 Å². The van der Waals surface area contributed by atoms with Crippen LogP contribution in [0.2, 0.25) is 0 Å². The molecule has 1 heterocycles. The van der Waals surface area contributed by atoms with Crippen LogP contribution in [0, 0.1) is 0 Å². The molecule has 1 rings (SSSR count). The Balaban J connectivity index is 2.38. The smallest absolute Gasteiger partial charge is 0.323 e. The Hall–Kier alpha value is -0.910. The number of hydrogen-bond acceptors (Lipinski definition) is 3. The van der Waals surface area contributed by atoms with E-state index in [1.54, 1.807) is 0 Å². The quantitative estimate of drug-likeness (QED) is 0.783. The predicted molar refractivity (Wildman–Crippen MR) is 68.4 cm³/mol. The Labute approximate surface area is 106 Å². The largest absolute Gasteiger partial charge is 0.480 e. The zero-order chi connectivity index (χ0) is 12.8. The van der Waals surface area contributed by atoms with Crippen LogP contribution in [-0.4, -0.2) is 52.1 Å². The first-order chi connectivity index (χ1) is 8.00. The molecule has 2 N–H and O–H groups in total. The number of thioether (sulfide) groups is 1. The van der Waals surface area contributed by atoms with E-state index < -0.39 is 5.97 Å². The van der Waals surface area contributed by atoms with Gasteiger partial charge in [0.25, 0.3) is 0 Å². The van der Waals surface area contributed by atoms with Crippen molar-refractivity contribution in [3.05, 3.63) is 0 Å². The van der Waals surface area contributed by atoms with Gasteiger partial charge in [-0.2, -0.15) is 11.8 Å². The molecule has 1 aliphatic heterocycles. The fraction of sp³-hybridized carbons (Fsp3) is 0.818. The Bertz CT molecular complexity index is 278. The molecule has 1 unspecified atom stereocenters. The lowest BCUT2D eigenvalue weighted by Crippen LogP contribution is -2.47. The molecule has 1 atom stereocenters. The first-order valence-corrected chi connectivity index (χ1v) is 6.93. The zero-order valence-electron chi connectivity index (χ0n) is 10.3. The summed E-state index contributed by atoms with van der Waals surface area (Å²) < 4.78 is 0. The highest BCUT2D eigenvalue weighted by Crippen LogP contribution is 2.25. The maximum absolute atomic E-state index is 11.8. The van der Waals surface area contributed by atoms with Crippen LogP contribution in [0.15, 0.2) is 0 Å². The van der Waals surface area contributed by atoms with E-state index in [0.29, 0.717) is 11.8 Å². The predicted octanol–water partition coefficient (Wildman–Crippen LogP) is 1.39. The minimum Gasteiger partial charge on any atom is -0.480 e. The van der Waals surface area contributed by atoms with E-state index in [1.165, 1.54) is 11.3 Å². The van der Waals surface area contributed by atoms with Gasteiger partial charge in [0, 0.05) is 17.8 Å². The summed E-state index contributed by atoms with van der Waals surface area (Å²) in [6.45, 7) is 4.01. The van der Waals surface area contributed by atoms with Gasteiger partial charge in [-0.1, -0.05) is 0 Å². The van der Waals surface area contributed by atoms with E-state index in [-0.39, 0.29) is 18.6 Å². The van der Waals surface area contributed by atoms with Crippen molar-refractivity contribution in [1.82, 2.24) is 10.2 Å². The summed E-state index contributed by atoms with van der Waals surface area (Å²) in [6.07, 6.45) is 2.33. The van der Waals surface area contributed by atoms with Crippen molar-refractivity contribution in [3.8, 4) is 0 Å². The van der Waals surface area contributed by atoms with Crippen molar-refractivity contribution in [2.24, 2.45) is 0 Å². The lowest BCUT2D eigenvalue weighted by atomic mass is 10.2. The van der Waals surface area contributed by atoms with Crippen LogP contribution in [0.4, 0.5) is 4.79 Å². The molecular formula is C11H20N2O3S. The molecular weight excluding hydrogens is 240 g/mol. The van der Waals surface area contributed by atoms with Gasteiger partial charge >= 0.3 is 12.0 Å². The highest BCUT2D eigenvalue weighted by molar-refractivity contribution is 8.00. The lowest BCUT2D eigenvalue weighted by Gasteiger charge is -2.25. The molecule has 2 amide bonds. The van der Waals surface area contributed by atoms with Gasteiger partial charge in [0.15, 0.2) is 0 Å². The molecule has 0 aromatic heterocycles. The summed E-state index contributed by atoms with van der Waals surface area (Å²) in [5.74, 6) is 0.174. The van der Waals surface area contributed by atoms with E-state index in [4.69, 9.17) is 5.11 Å². The number of hydrogen-bond donors (Lipinski definition) is 2. The molecule has 0 aliphatic carbocycles. The van der Waals surface area contributed by atoms with Crippen LogP contribution >= 0.6 is 11.8 Å². The minimum absolute atomic E-state index is 0.109. The molecule has 0 aromatic rings. The van der Waals surface area contributed by atoms with E-state index in [1.807, 2.05) is 25.6 Å². The number of aliphatic carboxylic acids is 1. The molecule has 6 heteroatoms. The van der Waals surface area contributed by atoms with E-state index >= 15 is 0 Å². The van der Waals surface area contributed by atoms with E-state index in [9.17, 15) is 9.59 Å². The molecule has 1 aliphatic rings. The van der Waals surface area contributed by atoms with E-state index in [0.717, 1.165) is 12.2 Å². The third-order valence-corrected chi connectivity index (χ3v) is 4.09. The third-order valence-electron chi connectivity index (χ3n) is 2.69. The zero-order valence-corrected chi connectivity index (χ0v) is 11.1. The molecule has 0 bridgehead atoms. The highest BCUT2D eigenvalue weighted by atomic mass is 32.2. The van der Waals surface area contributed by atoms with Gasteiger partial charge in [-0.05, 0) is 32.4 Å². The first kappa shape index (κ1) is 14.2. The highest BCUT2D eigenvalue weighted by Gasteiger charge is 2.21. The molecule has 0 spiro atoms. The monoisotopic (exact) mass is 260 g/mol. The number of carbonyl (C=O) groups excluding carboxylic acids is 1. The Morgan fingerprint density at radius 3 is 2.71 bits per heavy atom. The number of urea groups is 1. The summed E-state index contributed by atoms with van der Waals surface area (Å²) in [5, 5.41) is 12.0. The Morgan fingerprint density at radius 1 is 1.53 bits per heavy atom. The number of amides is 2. The molecule has 5 nitrogen and oxygen atoms in total.